The smallest absolute Gasteiger partial charge is 0.203 e. The zero-order valence-corrected chi connectivity index (χ0v) is 14.2. The molecule has 0 bridgehead atoms. The first-order valence-electron chi connectivity index (χ1n) is 7.17. The molecule has 0 atom stereocenters. The van der Waals surface area contributed by atoms with E-state index in [1.165, 1.54) is 32.1 Å². The number of aromatic nitrogens is 2. The maximum atomic E-state index is 6.26. The van der Waals surface area contributed by atoms with Crippen LogP contribution in [0.4, 0.5) is 0 Å². The fourth-order valence-electron chi connectivity index (χ4n) is 2.60. The maximum absolute atomic E-state index is 6.26. The third kappa shape index (κ3) is 3.50. The number of aryl methyl sites for hydroxylation is 1. The molecule has 1 fully saturated rings. The molecule has 0 unspecified atom stereocenters. The van der Waals surface area contributed by atoms with E-state index in [4.69, 9.17) is 28.2 Å². The summed E-state index contributed by atoms with van der Waals surface area (Å²) in [5, 5.41) is 6.70. The second-order valence-corrected chi connectivity index (χ2v) is 7.16. The molecule has 112 valence electrons. The van der Waals surface area contributed by atoms with Gasteiger partial charge in [-0.1, -0.05) is 53.8 Å². The van der Waals surface area contributed by atoms with E-state index >= 15 is 0 Å². The van der Waals surface area contributed by atoms with Gasteiger partial charge in [0.2, 0.25) is 4.80 Å². The lowest BCUT2D eigenvalue weighted by atomic mass is 9.96. The van der Waals surface area contributed by atoms with Crippen molar-refractivity contribution in [3.05, 3.63) is 33.0 Å². The normalized spacial score (nSPS) is 17.4. The van der Waals surface area contributed by atoms with Crippen LogP contribution in [0.15, 0.2) is 23.2 Å². The van der Waals surface area contributed by atoms with Crippen LogP contribution in [0.1, 0.15) is 32.1 Å². The Morgan fingerprint density at radius 1 is 1.24 bits per heavy atom. The van der Waals surface area contributed by atoms with Crippen LogP contribution in [0.5, 0.6) is 0 Å². The van der Waals surface area contributed by atoms with E-state index in [1.54, 1.807) is 17.4 Å². The van der Waals surface area contributed by atoms with Crippen molar-refractivity contribution in [2.24, 2.45) is 12.0 Å². The molecule has 1 aliphatic rings. The van der Waals surface area contributed by atoms with Gasteiger partial charge in [0.1, 0.15) is 5.01 Å². The van der Waals surface area contributed by atoms with E-state index in [-0.39, 0.29) is 0 Å². The summed E-state index contributed by atoms with van der Waals surface area (Å²) in [5.41, 5.74) is 0.909. The highest BCUT2D eigenvalue weighted by Crippen LogP contribution is 2.30. The van der Waals surface area contributed by atoms with Gasteiger partial charge in [-0.25, -0.2) is 4.68 Å². The lowest BCUT2D eigenvalue weighted by Gasteiger charge is -2.16. The predicted octanol–water partition coefficient (Wildman–Crippen LogP) is 4.69. The second-order valence-electron chi connectivity index (χ2n) is 5.36. The molecular formula is C15H17Cl2N3S. The first kappa shape index (κ1) is 15.1. The average molecular weight is 342 g/mol. The zero-order valence-electron chi connectivity index (χ0n) is 11.9. The molecule has 3 rings (SSSR count). The Morgan fingerprint density at radius 2 is 2.00 bits per heavy atom. The van der Waals surface area contributed by atoms with Crippen LogP contribution < -0.4 is 4.80 Å². The molecular weight excluding hydrogens is 325 g/mol. The second kappa shape index (κ2) is 6.51. The third-order valence-corrected chi connectivity index (χ3v) is 5.33. The van der Waals surface area contributed by atoms with Crippen molar-refractivity contribution < 1.29 is 0 Å². The molecule has 0 N–H and O–H groups in total. The largest absolute Gasteiger partial charge is 0.254 e. The van der Waals surface area contributed by atoms with Crippen LogP contribution in [0, 0.1) is 0 Å². The summed E-state index contributed by atoms with van der Waals surface area (Å²) in [4.78, 5) is 5.82. The highest BCUT2D eigenvalue weighted by Gasteiger charge is 2.14. The van der Waals surface area contributed by atoms with Gasteiger partial charge >= 0.3 is 0 Å². The third-order valence-electron chi connectivity index (χ3n) is 3.73. The minimum Gasteiger partial charge on any atom is -0.254 e. The van der Waals surface area contributed by atoms with Crippen molar-refractivity contribution >= 4 is 34.5 Å². The Morgan fingerprint density at radius 3 is 2.71 bits per heavy atom. The highest BCUT2D eigenvalue weighted by molar-refractivity contribution is 7.12. The first-order chi connectivity index (χ1) is 10.1. The van der Waals surface area contributed by atoms with Crippen molar-refractivity contribution in [3.63, 3.8) is 0 Å². The fourth-order valence-corrected chi connectivity index (χ4v) is 4.15. The quantitative estimate of drug-likeness (QED) is 0.779. The number of rotatable bonds is 2. The van der Waals surface area contributed by atoms with E-state index in [0.29, 0.717) is 16.1 Å². The summed E-state index contributed by atoms with van der Waals surface area (Å²) in [7, 11) is 1.94. The maximum Gasteiger partial charge on any atom is 0.203 e. The van der Waals surface area contributed by atoms with Gasteiger partial charge in [-0.3, -0.25) is 4.99 Å². The van der Waals surface area contributed by atoms with E-state index in [0.717, 1.165) is 15.4 Å². The molecule has 1 aromatic heterocycles. The number of hydrogen-bond donors (Lipinski definition) is 0. The van der Waals surface area contributed by atoms with Gasteiger partial charge in [0.05, 0.1) is 11.1 Å². The minimum atomic E-state index is 0.443. The van der Waals surface area contributed by atoms with Crippen LogP contribution >= 0.6 is 34.5 Å². The summed E-state index contributed by atoms with van der Waals surface area (Å²) in [6, 6.07) is 5.94. The Balaban J connectivity index is 1.95. The topological polar surface area (TPSA) is 30.2 Å². The molecule has 1 saturated carbocycles. The van der Waals surface area contributed by atoms with Gasteiger partial charge < -0.3 is 0 Å². The van der Waals surface area contributed by atoms with E-state index in [2.05, 4.69) is 5.10 Å². The lowest BCUT2D eigenvalue weighted by molar-refractivity contribution is 0.434. The van der Waals surface area contributed by atoms with Gasteiger partial charge in [-0.2, -0.15) is 5.10 Å². The zero-order chi connectivity index (χ0) is 14.8. The molecule has 0 radical (unpaired) electrons. The molecule has 0 amide bonds. The summed E-state index contributed by atoms with van der Waals surface area (Å²) in [6.45, 7) is 0. The van der Waals surface area contributed by atoms with Crippen LogP contribution in [0.25, 0.3) is 10.6 Å². The van der Waals surface area contributed by atoms with Gasteiger partial charge in [-0.15, -0.1) is 0 Å². The Kier molecular flexibility index (Phi) is 4.67. The van der Waals surface area contributed by atoms with Crippen LogP contribution in [-0.2, 0) is 7.05 Å². The molecule has 0 aliphatic heterocycles. The molecule has 1 aliphatic carbocycles. The van der Waals surface area contributed by atoms with Gasteiger partial charge in [0, 0.05) is 17.6 Å². The Hall–Kier alpha value is -0.840. The standard InChI is InChI=1S/C15H17Cl2N3S/c1-20-15(18-11-5-3-2-4-6-11)21-14(19-20)12-8-7-10(16)9-13(12)17/h7-9,11H,2-6H2,1H3. The number of halogens is 2. The summed E-state index contributed by atoms with van der Waals surface area (Å²) >= 11 is 13.8. The molecule has 0 spiro atoms. The summed E-state index contributed by atoms with van der Waals surface area (Å²) in [6.07, 6.45) is 6.29. The Labute approximate surface area is 138 Å². The lowest BCUT2D eigenvalue weighted by Crippen LogP contribution is -2.18. The summed E-state index contributed by atoms with van der Waals surface area (Å²) in [5.74, 6) is 0. The van der Waals surface area contributed by atoms with Crippen LogP contribution in [0.2, 0.25) is 10.0 Å². The molecule has 1 aromatic carbocycles. The Bertz CT molecular complexity index is 699. The minimum absolute atomic E-state index is 0.443. The van der Waals surface area contributed by atoms with Crippen LogP contribution in [0.3, 0.4) is 0 Å². The molecule has 6 heteroatoms. The molecule has 1 heterocycles. The average Bonchev–Trinajstić information content (AvgIpc) is 2.81. The fraction of sp³-hybridized carbons (Fsp3) is 0.467. The molecule has 0 saturated heterocycles. The van der Waals surface area contributed by atoms with E-state index < -0.39 is 0 Å². The van der Waals surface area contributed by atoms with E-state index in [9.17, 15) is 0 Å². The first-order valence-corrected chi connectivity index (χ1v) is 8.74. The molecule has 21 heavy (non-hydrogen) atoms. The van der Waals surface area contributed by atoms with Crippen molar-refractivity contribution in [1.82, 2.24) is 9.78 Å². The van der Waals surface area contributed by atoms with Crippen molar-refractivity contribution in [2.75, 3.05) is 0 Å². The number of nitrogens with zero attached hydrogens (tertiary/aromatic N) is 3. The van der Waals surface area contributed by atoms with Crippen LogP contribution in [-0.4, -0.2) is 15.8 Å². The monoisotopic (exact) mass is 341 g/mol. The molecule has 3 nitrogen and oxygen atoms in total. The van der Waals surface area contributed by atoms with Crippen molar-refractivity contribution in [2.45, 2.75) is 38.1 Å². The highest BCUT2D eigenvalue weighted by atomic mass is 35.5. The summed E-state index contributed by atoms with van der Waals surface area (Å²) < 4.78 is 1.85. The van der Waals surface area contributed by atoms with Gasteiger partial charge in [-0.05, 0) is 31.0 Å². The van der Waals surface area contributed by atoms with Gasteiger partial charge in [0.25, 0.3) is 0 Å². The molecule has 2 aromatic rings. The van der Waals surface area contributed by atoms with E-state index in [1.807, 2.05) is 23.9 Å². The van der Waals surface area contributed by atoms with Crippen molar-refractivity contribution in [3.8, 4) is 10.6 Å². The number of benzene rings is 1. The SMILES string of the molecule is Cn1nc(-c2ccc(Cl)cc2Cl)sc1=NC1CCCCC1. The number of hydrogen-bond acceptors (Lipinski definition) is 3. The predicted molar refractivity (Wildman–Crippen MR) is 89.0 cm³/mol. The van der Waals surface area contributed by atoms with Crippen molar-refractivity contribution in [1.29, 1.82) is 0 Å². The van der Waals surface area contributed by atoms with Gasteiger partial charge in [0.15, 0.2) is 0 Å².